The number of rotatable bonds is 4. The number of hydrogen-bond acceptors (Lipinski definition) is 2. The Balaban J connectivity index is 2.22. The average Bonchev–Trinajstić information content (AvgIpc) is 2.65. The number of aryl methyl sites for hydroxylation is 3. The third kappa shape index (κ3) is 2.73. The Morgan fingerprint density at radius 3 is 2.74 bits per heavy atom. The van der Waals surface area contributed by atoms with Crippen molar-refractivity contribution in [3.8, 4) is 0 Å². The third-order valence-electron chi connectivity index (χ3n) is 3.16. The van der Waals surface area contributed by atoms with E-state index in [1.165, 1.54) is 6.07 Å². The molecule has 5 heteroatoms. The van der Waals surface area contributed by atoms with Crippen molar-refractivity contribution < 1.29 is 4.39 Å². The Hall–Kier alpha value is -1.55. The monoisotopic (exact) mass is 281 g/mol. The topological polar surface area (TPSA) is 29.9 Å². The summed E-state index contributed by atoms with van der Waals surface area (Å²) in [7, 11) is 1.84. The molecule has 0 amide bonds. The minimum Gasteiger partial charge on any atom is -0.377 e. The summed E-state index contributed by atoms with van der Waals surface area (Å²) in [5.41, 5.74) is 3.11. The molecular formula is C14H17ClFN3. The number of aromatic nitrogens is 2. The summed E-state index contributed by atoms with van der Waals surface area (Å²) in [5, 5.41) is 8.09. The molecule has 0 unspecified atom stereocenters. The normalized spacial score (nSPS) is 10.8. The van der Waals surface area contributed by atoms with Crippen LogP contribution in [0.1, 0.15) is 23.9 Å². The van der Waals surface area contributed by atoms with Crippen molar-refractivity contribution in [3.05, 3.63) is 46.0 Å². The summed E-state index contributed by atoms with van der Waals surface area (Å²) >= 11 is 6.26. The lowest BCUT2D eigenvalue weighted by molar-refractivity contribution is 0.627. The van der Waals surface area contributed by atoms with Crippen LogP contribution in [-0.2, 0) is 20.0 Å². The molecule has 0 saturated heterocycles. The van der Waals surface area contributed by atoms with Crippen molar-refractivity contribution in [1.29, 1.82) is 0 Å². The van der Waals surface area contributed by atoms with Crippen LogP contribution in [-0.4, -0.2) is 9.78 Å². The Bertz CT molecular complexity index is 572. The number of hydrogen-bond donors (Lipinski definition) is 1. The first-order valence-electron chi connectivity index (χ1n) is 6.23. The van der Waals surface area contributed by atoms with Crippen molar-refractivity contribution in [2.45, 2.75) is 26.8 Å². The van der Waals surface area contributed by atoms with Gasteiger partial charge in [-0.15, -0.1) is 0 Å². The van der Waals surface area contributed by atoms with Gasteiger partial charge in [0.05, 0.1) is 28.6 Å². The lowest BCUT2D eigenvalue weighted by Gasteiger charge is -2.11. The van der Waals surface area contributed by atoms with E-state index >= 15 is 0 Å². The Morgan fingerprint density at radius 1 is 1.42 bits per heavy atom. The van der Waals surface area contributed by atoms with Crippen LogP contribution in [0.3, 0.4) is 0 Å². The van der Waals surface area contributed by atoms with Crippen LogP contribution in [0.15, 0.2) is 18.2 Å². The highest BCUT2D eigenvalue weighted by Gasteiger charge is 2.13. The third-order valence-corrected chi connectivity index (χ3v) is 3.59. The van der Waals surface area contributed by atoms with Gasteiger partial charge in [-0.2, -0.15) is 5.10 Å². The number of nitrogens with one attached hydrogen (secondary N) is 1. The van der Waals surface area contributed by atoms with Gasteiger partial charge >= 0.3 is 0 Å². The Kier molecular flexibility index (Phi) is 4.10. The van der Waals surface area contributed by atoms with Gasteiger partial charge in [0.2, 0.25) is 0 Å². The SMILES string of the molecule is CCc1nn(C)c(CNc2c(C)cccc2F)c1Cl. The maximum Gasteiger partial charge on any atom is 0.146 e. The van der Waals surface area contributed by atoms with E-state index in [4.69, 9.17) is 11.6 Å². The van der Waals surface area contributed by atoms with Crippen LogP contribution in [0, 0.1) is 12.7 Å². The molecule has 1 heterocycles. The molecule has 0 saturated carbocycles. The van der Waals surface area contributed by atoms with Crippen LogP contribution in [0.4, 0.5) is 10.1 Å². The zero-order valence-corrected chi connectivity index (χ0v) is 12.1. The molecule has 0 spiro atoms. The highest BCUT2D eigenvalue weighted by molar-refractivity contribution is 6.31. The Labute approximate surface area is 117 Å². The lowest BCUT2D eigenvalue weighted by Crippen LogP contribution is -2.08. The van der Waals surface area contributed by atoms with Crippen LogP contribution >= 0.6 is 11.6 Å². The number of halogens is 2. The molecule has 0 aliphatic rings. The van der Waals surface area contributed by atoms with E-state index in [1.807, 2.05) is 27.0 Å². The molecule has 19 heavy (non-hydrogen) atoms. The second-order valence-electron chi connectivity index (χ2n) is 4.47. The van der Waals surface area contributed by atoms with E-state index in [0.717, 1.165) is 23.4 Å². The molecular weight excluding hydrogens is 265 g/mol. The summed E-state index contributed by atoms with van der Waals surface area (Å²) in [6.07, 6.45) is 0.783. The first-order chi connectivity index (χ1) is 9.04. The van der Waals surface area contributed by atoms with Gasteiger partial charge < -0.3 is 5.32 Å². The molecule has 0 atom stereocenters. The zero-order chi connectivity index (χ0) is 14.0. The fraction of sp³-hybridized carbons (Fsp3) is 0.357. The van der Waals surface area contributed by atoms with Crippen molar-refractivity contribution in [3.63, 3.8) is 0 Å². The summed E-state index contributed by atoms with van der Waals surface area (Å²) in [4.78, 5) is 0. The number of nitrogens with zero attached hydrogens (tertiary/aromatic N) is 2. The molecule has 0 aliphatic heterocycles. The maximum atomic E-state index is 13.7. The molecule has 0 aliphatic carbocycles. The second kappa shape index (κ2) is 5.61. The summed E-state index contributed by atoms with van der Waals surface area (Å²) in [6, 6.07) is 5.01. The van der Waals surface area contributed by atoms with Gasteiger partial charge in [-0.25, -0.2) is 4.39 Å². The van der Waals surface area contributed by atoms with Gasteiger partial charge in [0.1, 0.15) is 5.82 Å². The summed E-state index contributed by atoms with van der Waals surface area (Å²) in [6.45, 7) is 4.32. The van der Waals surface area contributed by atoms with Gasteiger partial charge in [0.15, 0.2) is 0 Å². The molecule has 2 rings (SSSR count). The molecule has 2 aromatic rings. The number of para-hydroxylation sites is 1. The van der Waals surface area contributed by atoms with Gasteiger partial charge in [0.25, 0.3) is 0 Å². The Morgan fingerprint density at radius 2 is 2.16 bits per heavy atom. The minimum absolute atomic E-state index is 0.256. The van der Waals surface area contributed by atoms with Gasteiger partial charge in [-0.3, -0.25) is 4.68 Å². The predicted molar refractivity (Wildman–Crippen MR) is 76.1 cm³/mol. The van der Waals surface area contributed by atoms with Crippen molar-refractivity contribution >= 4 is 17.3 Å². The van der Waals surface area contributed by atoms with Crippen molar-refractivity contribution in [1.82, 2.24) is 9.78 Å². The summed E-state index contributed by atoms with van der Waals surface area (Å²) in [5.74, 6) is -0.256. The van der Waals surface area contributed by atoms with Crippen LogP contribution in [0.2, 0.25) is 5.02 Å². The molecule has 1 N–H and O–H groups in total. The first-order valence-corrected chi connectivity index (χ1v) is 6.61. The van der Waals surface area contributed by atoms with Crippen LogP contribution in [0.25, 0.3) is 0 Å². The van der Waals surface area contributed by atoms with Gasteiger partial charge in [-0.05, 0) is 25.0 Å². The van der Waals surface area contributed by atoms with E-state index in [9.17, 15) is 4.39 Å². The largest absolute Gasteiger partial charge is 0.377 e. The standard InChI is InChI=1S/C14H17ClFN3/c1-4-11-13(15)12(19(3)18-11)8-17-14-9(2)6-5-7-10(14)16/h5-7,17H,4,8H2,1-3H3. The second-order valence-corrected chi connectivity index (χ2v) is 4.85. The number of anilines is 1. The highest BCUT2D eigenvalue weighted by Crippen LogP contribution is 2.24. The minimum atomic E-state index is -0.256. The van der Waals surface area contributed by atoms with E-state index in [2.05, 4.69) is 10.4 Å². The maximum absolute atomic E-state index is 13.7. The van der Waals surface area contributed by atoms with E-state index in [-0.39, 0.29) is 5.82 Å². The van der Waals surface area contributed by atoms with E-state index in [1.54, 1.807) is 10.7 Å². The van der Waals surface area contributed by atoms with E-state index < -0.39 is 0 Å². The zero-order valence-electron chi connectivity index (χ0n) is 11.3. The summed E-state index contributed by atoms with van der Waals surface area (Å²) < 4.78 is 15.4. The van der Waals surface area contributed by atoms with Gasteiger partial charge in [-0.1, -0.05) is 30.7 Å². The molecule has 3 nitrogen and oxygen atoms in total. The quantitative estimate of drug-likeness (QED) is 0.926. The predicted octanol–water partition coefficient (Wildman–Crippen LogP) is 3.70. The molecule has 0 bridgehead atoms. The molecule has 102 valence electrons. The molecule has 1 aromatic heterocycles. The van der Waals surface area contributed by atoms with E-state index in [0.29, 0.717) is 17.3 Å². The van der Waals surface area contributed by atoms with Crippen LogP contribution in [0.5, 0.6) is 0 Å². The lowest BCUT2D eigenvalue weighted by atomic mass is 10.2. The first kappa shape index (κ1) is 13.9. The smallest absolute Gasteiger partial charge is 0.146 e. The molecule has 0 radical (unpaired) electrons. The fourth-order valence-electron chi connectivity index (χ4n) is 2.04. The van der Waals surface area contributed by atoms with Gasteiger partial charge in [0, 0.05) is 7.05 Å². The van der Waals surface area contributed by atoms with Crippen molar-refractivity contribution in [2.75, 3.05) is 5.32 Å². The molecule has 1 aromatic carbocycles. The average molecular weight is 282 g/mol. The molecule has 0 fully saturated rings. The fourth-order valence-corrected chi connectivity index (χ4v) is 2.40. The highest BCUT2D eigenvalue weighted by atomic mass is 35.5. The van der Waals surface area contributed by atoms with Crippen molar-refractivity contribution in [2.24, 2.45) is 7.05 Å². The van der Waals surface area contributed by atoms with Crippen LogP contribution < -0.4 is 5.32 Å². The number of benzene rings is 1.